The fourth-order valence-corrected chi connectivity index (χ4v) is 3.04. The van der Waals surface area contributed by atoms with E-state index in [9.17, 15) is 10.2 Å². The quantitative estimate of drug-likeness (QED) is 0.345. The van der Waals surface area contributed by atoms with Crippen LogP contribution in [0.15, 0.2) is 35.6 Å². The number of ether oxygens (including phenoxy) is 1. The smallest absolute Gasteiger partial charge is 0.124 e. The van der Waals surface area contributed by atoms with Gasteiger partial charge in [-0.15, -0.1) is 0 Å². The van der Waals surface area contributed by atoms with Crippen LogP contribution in [0, 0.1) is 5.92 Å². The summed E-state index contributed by atoms with van der Waals surface area (Å²) in [4.78, 5) is 8.70. The van der Waals surface area contributed by atoms with Crippen LogP contribution in [0.3, 0.4) is 0 Å². The summed E-state index contributed by atoms with van der Waals surface area (Å²) in [5, 5.41) is 25.2. The third-order valence-electron chi connectivity index (χ3n) is 4.44. The van der Waals surface area contributed by atoms with Gasteiger partial charge in [0.15, 0.2) is 0 Å². The van der Waals surface area contributed by atoms with Crippen LogP contribution in [0.4, 0.5) is 0 Å². The zero-order valence-corrected chi connectivity index (χ0v) is 16.0. The molecule has 26 heavy (non-hydrogen) atoms. The molecule has 0 aliphatic rings. The van der Waals surface area contributed by atoms with E-state index in [4.69, 9.17) is 9.57 Å². The minimum absolute atomic E-state index is 0.0990. The van der Waals surface area contributed by atoms with Crippen LogP contribution in [0.5, 0.6) is 0 Å². The van der Waals surface area contributed by atoms with Crippen molar-refractivity contribution < 1.29 is 19.8 Å². The normalized spacial score (nSPS) is 16.0. The first kappa shape index (κ1) is 20.4. The first-order valence-electron chi connectivity index (χ1n) is 9.09. The summed E-state index contributed by atoms with van der Waals surface area (Å²) in [5.41, 5.74) is 2.70. The van der Waals surface area contributed by atoms with Gasteiger partial charge in [-0.3, -0.25) is 0 Å². The molecule has 1 aromatic heterocycles. The van der Waals surface area contributed by atoms with Crippen molar-refractivity contribution in [2.75, 3.05) is 13.7 Å². The van der Waals surface area contributed by atoms with Gasteiger partial charge in [0.1, 0.15) is 24.5 Å². The molecule has 2 aromatic rings. The van der Waals surface area contributed by atoms with Gasteiger partial charge in [0.25, 0.3) is 0 Å². The lowest BCUT2D eigenvalue weighted by molar-refractivity contribution is 0.0442. The fraction of sp³-hybridized carbons (Fsp3) is 0.550. The highest BCUT2D eigenvalue weighted by Gasteiger charge is 2.29. The van der Waals surface area contributed by atoms with Gasteiger partial charge in [-0.2, -0.15) is 0 Å². The van der Waals surface area contributed by atoms with Crippen LogP contribution in [0.1, 0.15) is 32.8 Å². The van der Waals surface area contributed by atoms with Crippen LogP contribution in [-0.4, -0.2) is 52.9 Å². The number of oxime groups is 1. The predicted octanol–water partition coefficient (Wildman–Crippen LogP) is 2.89. The number of nitrogens with zero attached hydrogens (tertiary/aromatic N) is 1. The van der Waals surface area contributed by atoms with Crippen molar-refractivity contribution >= 4 is 16.6 Å². The van der Waals surface area contributed by atoms with Crippen LogP contribution < -0.4 is 0 Å². The van der Waals surface area contributed by atoms with Gasteiger partial charge in [-0.05, 0) is 37.3 Å². The highest BCUT2D eigenvalue weighted by Crippen LogP contribution is 2.19. The first-order chi connectivity index (χ1) is 12.5. The summed E-state index contributed by atoms with van der Waals surface area (Å²) in [5.74, 6) is 0.0990. The van der Waals surface area contributed by atoms with Gasteiger partial charge in [-0.1, -0.05) is 37.2 Å². The Labute approximate surface area is 154 Å². The molecule has 6 heteroatoms. The Kier molecular flexibility index (Phi) is 7.63. The Balaban J connectivity index is 1.94. The van der Waals surface area contributed by atoms with Crippen LogP contribution in [-0.2, 0) is 16.0 Å². The van der Waals surface area contributed by atoms with Crippen LogP contribution in [0.25, 0.3) is 10.9 Å². The van der Waals surface area contributed by atoms with Crippen molar-refractivity contribution in [1.82, 2.24) is 4.98 Å². The summed E-state index contributed by atoms with van der Waals surface area (Å²) in [7, 11) is 1.56. The largest absolute Gasteiger partial charge is 0.396 e. The van der Waals surface area contributed by atoms with E-state index in [1.54, 1.807) is 7.11 Å². The number of aromatic nitrogens is 1. The van der Waals surface area contributed by atoms with Gasteiger partial charge in [0.05, 0.1) is 6.10 Å². The van der Waals surface area contributed by atoms with Crippen LogP contribution in [0.2, 0.25) is 0 Å². The minimum Gasteiger partial charge on any atom is -0.396 e. The van der Waals surface area contributed by atoms with Crippen molar-refractivity contribution in [2.24, 2.45) is 11.1 Å². The third-order valence-corrected chi connectivity index (χ3v) is 4.44. The first-order valence-corrected chi connectivity index (χ1v) is 9.09. The summed E-state index contributed by atoms with van der Waals surface area (Å²) < 4.78 is 5.42. The number of benzene rings is 1. The average molecular weight is 362 g/mol. The number of hydrogen-bond donors (Lipinski definition) is 3. The number of fused-ring (bicyclic) bond motifs is 1. The molecule has 0 radical (unpaired) electrons. The Morgan fingerprint density at radius 3 is 2.58 bits per heavy atom. The molecule has 0 amide bonds. The van der Waals surface area contributed by atoms with E-state index in [-0.39, 0.29) is 5.92 Å². The molecule has 0 bridgehead atoms. The number of methoxy groups -OCH3 is 1. The molecule has 2 rings (SSSR count). The second-order valence-corrected chi connectivity index (χ2v) is 6.90. The number of hydrogen-bond acceptors (Lipinski definition) is 5. The van der Waals surface area contributed by atoms with E-state index in [0.717, 1.165) is 18.4 Å². The van der Waals surface area contributed by atoms with E-state index in [2.05, 4.69) is 22.3 Å². The number of aryl methyl sites for hydroxylation is 1. The number of aromatic amines is 1. The highest BCUT2D eigenvalue weighted by molar-refractivity contribution is 5.92. The monoisotopic (exact) mass is 362 g/mol. The number of aliphatic hydroxyl groups excluding tert-OH is 2. The van der Waals surface area contributed by atoms with E-state index < -0.39 is 18.3 Å². The lowest BCUT2D eigenvalue weighted by Crippen LogP contribution is -2.42. The predicted molar refractivity (Wildman–Crippen MR) is 103 cm³/mol. The molecule has 1 aromatic carbocycles. The number of aliphatic hydroxyl groups is 2. The summed E-state index contributed by atoms with van der Waals surface area (Å²) in [6.45, 7) is 5.87. The Morgan fingerprint density at radius 2 is 1.92 bits per heavy atom. The molecule has 0 saturated carbocycles. The molecular weight excluding hydrogens is 332 g/mol. The number of rotatable bonds is 10. The zero-order valence-electron chi connectivity index (χ0n) is 16.0. The summed E-state index contributed by atoms with van der Waals surface area (Å²) in [6.07, 6.45) is 1.22. The second kappa shape index (κ2) is 9.71. The maximum atomic E-state index is 10.2. The molecule has 3 N–H and O–H groups in total. The second-order valence-electron chi connectivity index (χ2n) is 6.90. The van der Waals surface area contributed by atoms with Gasteiger partial charge in [-0.25, -0.2) is 0 Å². The number of H-pyrrole nitrogens is 1. The maximum Gasteiger partial charge on any atom is 0.124 e. The lowest BCUT2D eigenvalue weighted by atomic mass is 9.96. The Morgan fingerprint density at radius 1 is 1.19 bits per heavy atom. The van der Waals surface area contributed by atoms with Crippen LogP contribution >= 0.6 is 0 Å². The topological polar surface area (TPSA) is 87.1 Å². The molecule has 0 aliphatic heterocycles. The molecule has 1 heterocycles. The molecule has 0 fully saturated rings. The SMILES string of the molecule is CO[C@H](/C(=N/OCCCc1c[nH]c2ccccc12)[C@@H](O)[C@@H](C)O)C(C)C. The maximum absolute atomic E-state index is 10.2. The fourth-order valence-electron chi connectivity index (χ4n) is 3.04. The third kappa shape index (κ3) is 5.06. The van der Waals surface area contributed by atoms with Gasteiger partial charge >= 0.3 is 0 Å². The molecule has 0 aliphatic carbocycles. The van der Waals surface area contributed by atoms with E-state index in [1.165, 1.54) is 17.9 Å². The number of nitrogens with one attached hydrogen (secondary N) is 1. The summed E-state index contributed by atoms with van der Waals surface area (Å²) in [6, 6.07) is 8.20. The Bertz CT molecular complexity index is 709. The van der Waals surface area contributed by atoms with E-state index >= 15 is 0 Å². The molecule has 0 spiro atoms. The molecule has 0 unspecified atom stereocenters. The van der Waals surface area contributed by atoms with E-state index in [0.29, 0.717) is 12.3 Å². The summed E-state index contributed by atoms with van der Waals surface area (Å²) >= 11 is 0. The highest BCUT2D eigenvalue weighted by atomic mass is 16.6. The van der Waals surface area contributed by atoms with Gasteiger partial charge in [0.2, 0.25) is 0 Å². The molecule has 3 atom stereocenters. The Hall–Kier alpha value is -1.89. The van der Waals surface area contributed by atoms with Crippen molar-refractivity contribution in [2.45, 2.75) is 51.9 Å². The molecule has 6 nitrogen and oxygen atoms in total. The van der Waals surface area contributed by atoms with Gasteiger partial charge < -0.3 is 24.8 Å². The van der Waals surface area contributed by atoms with Crippen molar-refractivity contribution in [1.29, 1.82) is 0 Å². The molecule has 144 valence electrons. The number of para-hydroxylation sites is 1. The van der Waals surface area contributed by atoms with Crippen molar-refractivity contribution in [3.8, 4) is 0 Å². The minimum atomic E-state index is -1.11. The lowest BCUT2D eigenvalue weighted by Gasteiger charge is -2.25. The van der Waals surface area contributed by atoms with Crippen molar-refractivity contribution in [3.63, 3.8) is 0 Å². The molecule has 0 saturated heterocycles. The standard InChI is InChI=1S/C20H30N2O4/c1-13(2)20(25-4)18(19(24)14(3)23)22-26-11-7-8-15-12-21-17-10-6-5-9-16(15)17/h5-6,9-10,12-14,19-21,23-24H,7-8,11H2,1-4H3/b22-18+/t14-,19+,20+/m1/s1. The van der Waals surface area contributed by atoms with E-state index in [1.807, 2.05) is 32.2 Å². The molecular formula is C20H30N2O4. The average Bonchev–Trinajstić information content (AvgIpc) is 3.02. The van der Waals surface area contributed by atoms with Gasteiger partial charge in [0, 0.05) is 24.2 Å². The van der Waals surface area contributed by atoms with Crippen molar-refractivity contribution in [3.05, 3.63) is 36.0 Å². The zero-order chi connectivity index (χ0) is 19.1.